The van der Waals surface area contributed by atoms with Gasteiger partial charge in [0.1, 0.15) is 0 Å². The highest BCUT2D eigenvalue weighted by Crippen LogP contribution is 2.44. The summed E-state index contributed by atoms with van der Waals surface area (Å²) in [7, 11) is 0. The molecule has 2 aromatic carbocycles. The van der Waals surface area contributed by atoms with E-state index in [4.69, 9.17) is 12.2 Å². The van der Waals surface area contributed by atoms with Crippen LogP contribution in [0.5, 0.6) is 0 Å². The van der Waals surface area contributed by atoms with E-state index in [2.05, 4.69) is 10.3 Å². The van der Waals surface area contributed by atoms with Crippen LogP contribution in [0.1, 0.15) is 45.9 Å². The second-order valence-corrected chi connectivity index (χ2v) is 9.40. The number of rotatable bonds is 4. The van der Waals surface area contributed by atoms with Crippen molar-refractivity contribution in [1.82, 2.24) is 14.9 Å². The van der Waals surface area contributed by atoms with E-state index in [1.165, 1.54) is 12.1 Å². The third-order valence-electron chi connectivity index (χ3n) is 6.65. The topological polar surface area (TPSA) is 33.1 Å². The molecule has 2 atom stereocenters. The van der Waals surface area contributed by atoms with E-state index in [9.17, 15) is 13.2 Å². The molecule has 1 fully saturated rings. The summed E-state index contributed by atoms with van der Waals surface area (Å²) in [6.07, 6.45) is -2.74. The van der Waals surface area contributed by atoms with Crippen LogP contribution < -0.4 is 10.2 Å². The third-order valence-corrected chi connectivity index (χ3v) is 6.96. The minimum absolute atomic E-state index is 0.107. The zero-order valence-corrected chi connectivity index (χ0v) is 20.9. The molecule has 8 heteroatoms. The number of anilines is 1. The van der Waals surface area contributed by atoms with Crippen molar-refractivity contribution in [2.24, 2.45) is 0 Å². The fraction of sp³-hybridized carbons (Fsp3) is 0.214. The van der Waals surface area contributed by atoms with Gasteiger partial charge in [-0.3, -0.25) is 4.98 Å². The van der Waals surface area contributed by atoms with E-state index < -0.39 is 11.7 Å². The highest BCUT2D eigenvalue weighted by molar-refractivity contribution is 7.80. The number of benzene rings is 2. The van der Waals surface area contributed by atoms with Crippen molar-refractivity contribution in [3.63, 3.8) is 0 Å². The van der Waals surface area contributed by atoms with E-state index in [-0.39, 0.29) is 17.8 Å². The molecule has 184 valence electrons. The molecule has 0 bridgehead atoms. The lowest BCUT2D eigenvalue weighted by atomic mass is 9.96. The Balaban J connectivity index is 1.70. The lowest BCUT2D eigenvalue weighted by Crippen LogP contribution is -2.29. The first-order chi connectivity index (χ1) is 17.2. The van der Waals surface area contributed by atoms with Crippen molar-refractivity contribution in [3.05, 3.63) is 113 Å². The number of para-hydroxylation sites is 1. The first kappa shape index (κ1) is 24.1. The third kappa shape index (κ3) is 4.15. The van der Waals surface area contributed by atoms with Crippen LogP contribution in [0, 0.1) is 20.8 Å². The fourth-order valence-corrected chi connectivity index (χ4v) is 5.37. The maximum Gasteiger partial charge on any atom is 0.418 e. The van der Waals surface area contributed by atoms with Crippen molar-refractivity contribution in [2.45, 2.75) is 39.0 Å². The molecule has 0 radical (unpaired) electrons. The number of hydrogen-bond acceptors (Lipinski definition) is 2. The Morgan fingerprint density at radius 2 is 1.61 bits per heavy atom. The highest BCUT2D eigenvalue weighted by Gasteiger charge is 2.42. The van der Waals surface area contributed by atoms with Crippen molar-refractivity contribution in [3.8, 4) is 5.69 Å². The minimum atomic E-state index is -4.47. The van der Waals surface area contributed by atoms with Crippen LogP contribution in [0.4, 0.5) is 18.9 Å². The molecule has 1 saturated heterocycles. The number of aromatic nitrogens is 2. The Kier molecular flexibility index (Phi) is 6.08. The Morgan fingerprint density at radius 1 is 0.917 bits per heavy atom. The Labute approximate surface area is 213 Å². The molecule has 0 saturated carbocycles. The van der Waals surface area contributed by atoms with Crippen LogP contribution in [-0.2, 0) is 6.18 Å². The summed E-state index contributed by atoms with van der Waals surface area (Å²) in [6.45, 7) is 5.71. The van der Waals surface area contributed by atoms with Gasteiger partial charge in [0.15, 0.2) is 5.11 Å². The van der Waals surface area contributed by atoms with Gasteiger partial charge in [-0.2, -0.15) is 13.2 Å². The van der Waals surface area contributed by atoms with Crippen LogP contribution in [0.25, 0.3) is 5.69 Å². The second-order valence-electron chi connectivity index (χ2n) is 9.01. The largest absolute Gasteiger partial charge is 0.418 e. The molecule has 4 aromatic rings. The number of hydrogen-bond donors (Lipinski definition) is 1. The summed E-state index contributed by atoms with van der Waals surface area (Å²) in [4.78, 5) is 6.61. The standard InChI is InChI=1S/C28H25F3N4S/c1-17-11-13-20(14-12-17)35-26(25(33-27(35)36)23-9-6-7-15-32-23)21-16-18(2)34(19(21)3)24-10-5-4-8-22(24)28(29,30)31/h4-16,25-26H,1-3H3,(H,33,36)/t25-,26+/m0/s1. The Hall–Kier alpha value is -3.65. The zero-order chi connectivity index (χ0) is 25.6. The van der Waals surface area contributed by atoms with Crippen molar-refractivity contribution in [2.75, 3.05) is 4.90 Å². The molecule has 0 spiro atoms. The lowest BCUT2D eigenvalue weighted by Gasteiger charge is -2.28. The van der Waals surface area contributed by atoms with Crippen LogP contribution in [0.15, 0.2) is 79.0 Å². The van der Waals surface area contributed by atoms with Gasteiger partial charge in [-0.25, -0.2) is 0 Å². The molecule has 0 unspecified atom stereocenters. The molecule has 2 aromatic heterocycles. The predicted octanol–water partition coefficient (Wildman–Crippen LogP) is 6.99. The van der Waals surface area contributed by atoms with Gasteiger partial charge in [0.2, 0.25) is 0 Å². The van der Waals surface area contributed by atoms with E-state index in [1.54, 1.807) is 16.8 Å². The molecular formula is C28H25F3N4S. The van der Waals surface area contributed by atoms with Gasteiger partial charge in [-0.05, 0) is 81.0 Å². The van der Waals surface area contributed by atoms with Crippen LogP contribution in [0.2, 0.25) is 0 Å². The molecule has 1 aliphatic heterocycles. The highest BCUT2D eigenvalue weighted by atomic mass is 32.1. The maximum atomic E-state index is 13.9. The SMILES string of the molecule is Cc1ccc(N2C(=S)N[C@@H](c3ccccn3)[C@H]2c2cc(C)n(-c3ccccc3C(F)(F)F)c2C)cc1. The first-order valence-electron chi connectivity index (χ1n) is 11.6. The first-order valence-corrected chi connectivity index (χ1v) is 12.0. The monoisotopic (exact) mass is 506 g/mol. The molecule has 36 heavy (non-hydrogen) atoms. The van der Waals surface area contributed by atoms with E-state index in [1.807, 2.05) is 74.2 Å². The van der Waals surface area contributed by atoms with Crippen LogP contribution >= 0.6 is 12.2 Å². The summed E-state index contributed by atoms with van der Waals surface area (Å²) >= 11 is 5.79. The number of alkyl halides is 3. The molecule has 4 nitrogen and oxygen atoms in total. The molecule has 1 N–H and O–H groups in total. The summed E-state index contributed by atoms with van der Waals surface area (Å²) in [5.41, 5.74) is 4.58. The number of pyridine rings is 1. The van der Waals surface area contributed by atoms with Crippen LogP contribution in [0.3, 0.4) is 0 Å². The van der Waals surface area contributed by atoms with Gasteiger partial charge < -0.3 is 14.8 Å². The van der Waals surface area contributed by atoms with Gasteiger partial charge in [-0.1, -0.05) is 35.9 Å². The maximum absolute atomic E-state index is 13.9. The normalized spacial score (nSPS) is 17.9. The van der Waals surface area contributed by atoms with Crippen molar-refractivity contribution < 1.29 is 13.2 Å². The Bertz CT molecular complexity index is 1410. The van der Waals surface area contributed by atoms with Crippen LogP contribution in [-0.4, -0.2) is 14.7 Å². The van der Waals surface area contributed by atoms with Gasteiger partial charge in [0.25, 0.3) is 0 Å². The number of nitrogens with zero attached hydrogens (tertiary/aromatic N) is 3. The quantitative estimate of drug-likeness (QED) is 0.302. The number of thiocarbonyl (C=S) groups is 1. The van der Waals surface area contributed by atoms with E-state index in [0.717, 1.165) is 34.3 Å². The smallest absolute Gasteiger partial charge is 0.351 e. The summed E-state index contributed by atoms with van der Waals surface area (Å²) < 4.78 is 43.4. The Morgan fingerprint density at radius 3 is 2.28 bits per heavy atom. The lowest BCUT2D eigenvalue weighted by molar-refractivity contribution is -0.137. The molecule has 3 heterocycles. The number of aryl methyl sites for hydroxylation is 2. The zero-order valence-electron chi connectivity index (χ0n) is 20.0. The average molecular weight is 507 g/mol. The summed E-state index contributed by atoms with van der Waals surface area (Å²) in [6, 6.07) is 20.8. The van der Waals surface area contributed by atoms with Gasteiger partial charge >= 0.3 is 6.18 Å². The van der Waals surface area contributed by atoms with Gasteiger partial charge in [0, 0.05) is 23.3 Å². The number of halogens is 3. The molecule has 0 amide bonds. The minimum Gasteiger partial charge on any atom is -0.351 e. The molecular weight excluding hydrogens is 481 g/mol. The molecule has 5 rings (SSSR count). The van der Waals surface area contributed by atoms with E-state index >= 15 is 0 Å². The van der Waals surface area contributed by atoms with Gasteiger partial charge in [-0.15, -0.1) is 0 Å². The predicted molar refractivity (Wildman–Crippen MR) is 139 cm³/mol. The van der Waals surface area contributed by atoms with Gasteiger partial charge in [0.05, 0.1) is 29.0 Å². The fourth-order valence-electron chi connectivity index (χ4n) is 5.02. The van der Waals surface area contributed by atoms with Crippen molar-refractivity contribution >= 4 is 23.0 Å². The van der Waals surface area contributed by atoms with Crippen molar-refractivity contribution in [1.29, 1.82) is 0 Å². The average Bonchev–Trinajstić information content (AvgIpc) is 3.34. The summed E-state index contributed by atoms with van der Waals surface area (Å²) in [5, 5.41) is 3.96. The molecule has 1 aliphatic rings. The van der Waals surface area contributed by atoms with E-state index in [0.29, 0.717) is 10.8 Å². The second kappa shape index (κ2) is 9.09. The molecule has 0 aliphatic carbocycles. The number of nitrogens with one attached hydrogen (secondary N) is 1. The summed E-state index contributed by atoms with van der Waals surface area (Å²) in [5.74, 6) is 0.